The fourth-order valence-corrected chi connectivity index (χ4v) is 5.26. The van der Waals surface area contributed by atoms with Gasteiger partial charge in [0, 0.05) is 16.5 Å². The first-order valence-electron chi connectivity index (χ1n) is 11.6. The number of hydrazone groups is 1. The van der Waals surface area contributed by atoms with Gasteiger partial charge < -0.3 is 9.47 Å². The van der Waals surface area contributed by atoms with Gasteiger partial charge in [0.2, 0.25) is 0 Å². The van der Waals surface area contributed by atoms with Crippen LogP contribution in [0.2, 0.25) is 5.02 Å². The predicted octanol–water partition coefficient (Wildman–Crippen LogP) is 4.91. The average molecular weight is 495 g/mol. The number of para-hydroxylation sites is 1. The molecule has 2 aromatic rings. The lowest BCUT2D eigenvalue weighted by atomic mass is 9.55. The molecule has 0 aromatic heterocycles. The van der Waals surface area contributed by atoms with Gasteiger partial charge in [-0.3, -0.25) is 9.59 Å². The SMILES string of the molecule is CCOC(=O)C1=CC[C@@H](c2ccc(Cl)cc2)[C@@]2(C(=O)N(c3ccccc3)N=C2C)[C@@H]1C(=O)OCC. The van der Waals surface area contributed by atoms with Gasteiger partial charge in [-0.25, -0.2) is 4.79 Å². The number of ether oxygens (including phenoxy) is 2. The van der Waals surface area contributed by atoms with Crippen LogP contribution in [0, 0.1) is 11.3 Å². The molecule has 0 saturated heterocycles. The normalized spacial score (nSPS) is 23.7. The number of carbonyl (C=O) groups excluding carboxylic acids is 3. The second-order valence-electron chi connectivity index (χ2n) is 8.41. The van der Waals surface area contributed by atoms with Gasteiger partial charge >= 0.3 is 11.9 Å². The monoisotopic (exact) mass is 494 g/mol. The largest absolute Gasteiger partial charge is 0.465 e. The highest BCUT2D eigenvalue weighted by atomic mass is 35.5. The Labute approximate surface area is 209 Å². The van der Waals surface area contributed by atoms with Crippen LogP contribution in [-0.4, -0.2) is 36.8 Å². The lowest BCUT2D eigenvalue weighted by molar-refractivity contribution is -0.156. The van der Waals surface area contributed by atoms with E-state index in [0.29, 0.717) is 22.8 Å². The molecule has 0 saturated carbocycles. The molecule has 1 aliphatic carbocycles. The third-order valence-electron chi connectivity index (χ3n) is 6.59. The van der Waals surface area contributed by atoms with E-state index in [1.54, 1.807) is 51.1 Å². The summed E-state index contributed by atoms with van der Waals surface area (Å²) in [5.74, 6) is -3.41. The van der Waals surface area contributed by atoms with Crippen molar-refractivity contribution in [3.05, 3.63) is 76.8 Å². The number of allylic oxidation sites excluding steroid dienone is 1. The Morgan fingerprint density at radius 2 is 1.71 bits per heavy atom. The van der Waals surface area contributed by atoms with Crippen molar-refractivity contribution in [2.24, 2.45) is 16.4 Å². The first-order chi connectivity index (χ1) is 16.9. The van der Waals surface area contributed by atoms with Crippen molar-refractivity contribution in [3.63, 3.8) is 0 Å². The van der Waals surface area contributed by atoms with Gasteiger partial charge in [0.25, 0.3) is 5.91 Å². The summed E-state index contributed by atoms with van der Waals surface area (Å²) in [6.07, 6.45) is 2.02. The Hall–Kier alpha value is -3.45. The van der Waals surface area contributed by atoms with Crippen molar-refractivity contribution >= 4 is 40.8 Å². The summed E-state index contributed by atoms with van der Waals surface area (Å²) in [5, 5.41) is 6.50. The summed E-state index contributed by atoms with van der Waals surface area (Å²) >= 11 is 6.14. The first kappa shape index (κ1) is 24.7. The van der Waals surface area contributed by atoms with E-state index in [1.807, 2.05) is 30.3 Å². The van der Waals surface area contributed by atoms with E-state index < -0.39 is 35.1 Å². The van der Waals surface area contributed by atoms with Crippen molar-refractivity contribution in [2.45, 2.75) is 33.1 Å². The highest BCUT2D eigenvalue weighted by Crippen LogP contribution is 2.56. The topological polar surface area (TPSA) is 85.3 Å². The summed E-state index contributed by atoms with van der Waals surface area (Å²) in [6.45, 7) is 5.34. The van der Waals surface area contributed by atoms with Crippen LogP contribution in [0.15, 0.2) is 71.3 Å². The number of amides is 1. The predicted molar refractivity (Wildman–Crippen MR) is 133 cm³/mol. The Bertz CT molecular complexity index is 1190. The van der Waals surface area contributed by atoms with E-state index in [-0.39, 0.29) is 18.8 Å². The average Bonchev–Trinajstić information content (AvgIpc) is 3.11. The summed E-state index contributed by atoms with van der Waals surface area (Å²) in [5.41, 5.74) is 0.443. The van der Waals surface area contributed by atoms with Gasteiger partial charge in [-0.2, -0.15) is 10.1 Å². The molecule has 35 heavy (non-hydrogen) atoms. The maximum Gasteiger partial charge on any atom is 0.334 e. The standard InChI is InChI=1S/C27H27ClN2O5/c1-4-34-24(31)21-15-16-22(18-11-13-19(28)14-12-18)27(23(21)25(32)35-5-2)17(3)29-30(26(27)33)20-9-7-6-8-10-20/h6-15,22-23H,4-5,16H2,1-3H3/t22-,23-,27+/m0/s1. The number of halogens is 1. The Morgan fingerprint density at radius 1 is 1.06 bits per heavy atom. The molecule has 0 N–H and O–H groups in total. The number of carbonyl (C=O) groups is 3. The molecule has 4 rings (SSSR count). The number of nitrogens with zero attached hydrogens (tertiary/aromatic N) is 2. The van der Waals surface area contributed by atoms with Crippen LogP contribution < -0.4 is 5.01 Å². The maximum atomic E-state index is 14.4. The smallest absolute Gasteiger partial charge is 0.334 e. The van der Waals surface area contributed by atoms with Crippen molar-refractivity contribution in [1.29, 1.82) is 0 Å². The van der Waals surface area contributed by atoms with Crippen molar-refractivity contribution in [1.82, 2.24) is 0 Å². The van der Waals surface area contributed by atoms with Crippen LogP contribution in [-0.2, 0) is 23.9 Å². The van der Waals surface area contributed by atoms with E-state index in [0.717, 1.165) is 5.56 Å². The molecule has 182 valence electrons. The Morgan fingerprint density at radius 3 is 2.34 bits per heavy atom. The zero-order chi connectivity index (χ0) is 25.2. The minimum Gasteiger partial charge on any atom is -0.465 e. The number of rotatable bonds is 6. The minimum absolute atomic E-state index is 0.0971. The molecule has 3 atom stereocenters. The molecule has 1 spiro atoms. The lowest BCUT2D eigenvalue weighted by Gasteiger charge is -2.44. The number of benzene rings is 2. The molecule has 1 aliphatic heterocycles. The van der Waals surface area contributed by atoms with Crippen LogP contribution in [0.5, 0.6) is 0 Å². The van der Waals surface area contributed by atoms with E-state index in [9.17, 15) is 14.4 Å². The Kier molecular flexibility index (Phi) is 7.08. The number of hydrogen-bond donors (Lipinski definition) is 0. The zero-order valence-corrected chi connectivity index (χ0v) is 20.6. The summed E-state index contributed by atoms with van der Waals surface area (Å²) in [6, 6.07) is 16.2. The van der Waals surface area contributed by atoms with Crippen LogP contribution >= 0.6 is 11.6 Å². The lowest BCUT2D eigenvalue weighted by Crippen LogP contribution is -2.55. The number of hydrogen-bond acceptors (Lipinski definition) is 6. The summed E-state index contributed by atoms with van der Waals surface area (Å²) in [4.78, 5) is 40.9. The molecular formula is C27H27ClN2O5. The van der Waals surface area contributed by atoms with Gasteiger partial charge in [0.15, 0.2) is 0 Å². The minimum atomic E-state index is -1.48. The molecule has 1 heterocycles. The molecule has 0 fully saturated rings. The van der Waals surface area contributed by atoms with E-state index in [2.05, 4.69) is 5.10 Å². The van der Waals surface area contributed by atoms with E-state index >= 15 is 0 Å². The third kappa shape index (κ3) is 4.14. The van der Waals surface area contributed by atoms with Crippen LogP contribution in [0.1, 0.15) is 38.7 Å². The zero-order valence-electron chi connectivity index (χ0n) is 19.9. The highest BCUT2D eigenvalue weighted by Gasteiger charge is 2.65. The summed E-state index contributed by atoms with van der Waals surface area (Å²) < 4.78 is 10.7. The van der Waals surface area contributed by atoms with Crippen LogP contribution in [0.25, 0.3) is 0 Å². The molecular weight excluding hydrogens is 468 g/mol. The molecule has 0 radical (unpaired) electrons. The van der Waals surface area contributed by atoms with Crippen molar-refractivity contribution < 1.29 is 23.9 Å². The fourth-order valence-electron chi connectivity index (χ4n) is 5.13. The van der Waals surface area contributed by atoms with Gasteiger partial charge in [0.1, 0.15) is 11.3 Å². The first-order valence-corrected chi connectivity index (χ1v) is 12.0. The van der Waals surface area contributed by atoms with Gasteiger partial charge in [-0.05, 0) is 57.0 Å². The van der Waals surface area contributed by atoms with E-state index in [1.165, 1.54) is 5.01 Å². The number of esters is 2. The van der Waals surface area contributed by atoms with Gasteiger partial charge in [-0.1, -0.05) is 48.0 Å². The molecule has 8 heteroatoms. The molecule has 2 aliphatic rings. The molecule has 2 aromatic carbocycles. The molecule has 7 nitrogen and oxygen atoms in total. The second kappa shape index (κ2) is 10.0. The van der Waals surface area contributed by atoms with Crippen molar-refractivity contribution in [3.8, 4) is 0 Å². The van der Waals surface area contributed by atoms with Crippen molar-refractivity contribution in [2.75, 3.05) is 18.2 Å². The van der Waals surface area contributed by atoms with Crippen LogP contribution in [0.3, 0.4) is 0 Å². The molecule has 0 bridgehead atoms. The summed E-state index contributed by atoms with van der Waals surface area (Å²) in [7, 11) is 0. The number of anilines is 1. The molecule has 0 unspecified atom stereocenters. The fraction of sp³-hybridized carbons (Fsp3) is 0.333. The van der Waals surface area contributed by atoms with Crippen LogP contribution in [0.4, 0.5) is 5.69 Å². The maximum absolute atomic E-state index is 14.4. The van der Waals surface area contributed by atoms with Gasteiger partial charge in [0.05, 0.1) is 24.6 Å². The molecule has 1 amide bonds. The highest BCUT2D eigenvalue weighted by molar-refractivity contribution is 6.30. The van der Waals surface area contributed by atoms with Gasteiger partial charge in [-0.15, -0.1) is 0 Å². The third-order valence-corrected chi connectivity index (χ3v) is 6.84. The second-order valence-corrected chi connectivity index (χ2v) is 8.85. The van der Waals surface area contributed by atoms with E-state index in [4.69, 9.17) is 21.1 Å². The quantitative estimate of drug-likeness (QED) is 0.533. The Balaban J connectivity index is 1.96.